The Bertz CT molecular complexity index is 1040. The predicted octanol–water partition coefficient (Wildman–Crippen LogP) is 3.71. The fourth-order valence-electron chi connectivity index (χ4n) is 2.95. The minimum Gasteiger partial charge on any atom is -0.495 e. The monoisotopic (exact) mass is 378 g/mol. The lowest BCUT2D eigenvalue weighted by Gasteiger charge is -2.12. The number of aromatic nitrogens is 2. The molecule has 0 saturated heterocycles. The van der Waals surface area contributed by atoms with Crippen molar-refractivity contribution in [2.75, 3.05) is 17.7 Å². The molecule has 144 valence electrons. The molecular weight excluding hydrogens is 356 g/mol. The molecule has 2 amide bonds. The Morgan fingerprint density at radius 2 is 1.82 bits per heavy atom. The first-order chi connectivity index (χ1) is 13.4. The van der Waals surface area contributed by atoms with Gasteiger partial charge in [0.15, 0.2) is 0 Å². The number of nitrogens with one attached hydrogen (secondary N) is 2. The fraction of sp³-hybridized carbons (Fsp3) is 0.190. The van der Waals surface area contributed by atoms with E-state index in [0.717, 1.165) is 16.9 Å². The molecule has 0 aliphatic rings. The van der Waals surface area contributed by atoms with Crippen LogP contribution >= 0.6 is 0 Å². The molecule has 1 aromatic heterocycles. The summed E-state index contributed by atoms with van der Waals surface area (Å²) >= 11 is 0. The molecule has 7 nitrogen and oxygen atoms in total. The Kier molecular flexibility index (Phi) is 5.44. The van der Waals surface area contributed by atoms with Crippen LogP contribution in [-0.2, 0) is 4.79 Å². The van der Waals surface area contributed by atoms with Crippen molar-refractivity contribution in [2.24, 2.45) is 0 Å². The van der Waals surface area contributed by atoms with Crippen LogP contribution in [0.3, 0.4) is 0 Å². The van der Waals surface area contributed by atoms with Crippen LogP contribution in [0.4, 0.5) is 11.4 Å². The molecule has 2 aromatic carbocycles. The predicted molar refractivity (Wildman–Crippen MR) is 108 cm³/mol. The van der Waals surface area contributed by atoms with Crippen molar-refractivity contribution in [1.29, 1.82) is 0 Å². The van der Waals surface area contributed by atoms with E-state index in [4.69, 9.17) is 4.74 Å². The third kappa shape index (κ3) is 3.88. The SMILES string of the molecule is COc1ccc(NC(C)=O)cc1NC(=O)c1cnn(-c2ccccc2C)c1C. The zero-order valence-electron chi connectivity index (χ0n) is 16.2. The molecule has 7 heteroatoms. The molecule has 0 unspecified atom stereocenters. The van der Waals surface area contributed by atoms with Gasteiger partial charge in [-0.1, -0.05) is 18.2 Å². The van der Waals surface area contributed by atoms with Crippen molar-refractivity contribution in [2.45, 2.75) is 20.8 Å². The average Bonchev–Trinajstić information content (AvgIpc) is 3.03. The molecule has 28 heavy (non-hydrogen) atoms. The third-order valence-corrected chi connectivity index (χ3v) is 4.37. The summed E-state index contributed by atoms with van der Waals surface area (Å²) in [6.07, 6.45) is 1.54. The Morgan fingerprint density at radius 1 is 1.07 bits per heavy atom. The smallest absolute Gasteiger partial charge is 0.259 e. The number of para-hydroxylation sites is 1. The van der Waals surface area contributed by atoms with Gasteiger partial charge in [-0.05, 0) is 43.7 Å². The molecule has 0 atom stereocenters. The highest BCUT2D eigenvalue weighted by molar-refractivity contribution is 6.06. The maximum atomic E-state index is 12.9. The second-order valence-electron chi connectivity index (χ2n) is 6.39. The number of ether oxygens (including phenoxy) is 1. The Labute approximate surface area is 163 Å². The highest BCUT2D eigenvalue weighted by Gasteiger charge is 2.18. The van der Waals surface area contributed by atoms with Crippen molar-refractivity contribution in [1.82, 2.24) is 9.78 Å². The van der Waals surface area contributed by atoms with Crippen LogP contribution in [0.5, 0.6) is 5.75 Å². The zero-order chi connectivity index (χ0) is 20.3. The van der Waals surface area contributed by atoms with E-state index in [1.807, 2.05) is 38.1 Å². The normalized spacial score (nSPS) is 10.4. The number of nitrogens with zero attached hydrogens (tertiary/aromatic N) is 2. The highest BCUT2D eigenvalue weighted by atomic mass is 16.5. The summed E-state index contributed by atoms with van der Waals surface area (Å²) in [4.78, 5) is 24.2. The highest BCUT2D eigenvalue weighted by Crippen LogP contribution is 2.29. The number of hydrogen-bond donors (Lipinski definition) is 2. The number of carbonyl (C=O) groups is 2. The number of methoxy groups -OCH3 is 1. The van der Waals surface area contributed by atoms with Crippen LogP contribution in [0.15, 0.2) is 48.7 Å². The molecule has 0 fully saturated rings. The third-order valence-electron chi connectivity index (χ3n) is 4.37. The van der Waals surface area contributed by atoms with Gasteiger partial charge in [-0.15, -0.1) is 0 Å². The van der Waals surface area contributed by atoms with Crippen LogP contribution in [0.1, 0.15) is 28.5 Å². The van der Waals surface area contributed by atoms with Gasteiger partial charge in [0, 0.05) is 12.6 Å². The van der Waals surface area contributed by atoms with Gasteiger partial charge < -0.3 is 15.4 Å². The van der Waals surface area contributed by atoms with Crippen LogP contribution in [-0.4, -0.2) is 28.7 Å². The minimum atomic E-state index is -0.310. The number of hydrogen-bond acceptors (Lipinski definition) is 4. The minimum absolute atomic E-state index is 0.196. The summed E-state index contributed by atoms with van der Waals surface area (Å²) < 4.78 is 7.06. The van der Waals surface area contributed by atoms with E-state index in [0.29, 0.717) is 22.7 Å². The second kappa shape index (κ2) is 7.96. The lowest BCUT2D eigenvalue weighted by Crippen LogP contribution is -2.14. The summed E-state index contributed by atoms with van der Waals surface area (Å²) in [5, 5.41) is 9.91. The largest absolute Gasteiger partial charge is 0.495 e. The number of rotatable bonds is 5. The molecule has 0 aliphatic heterocycles. The molecule has 0 bridgehead atoms. The quantitative estimate of drug-likeness (QED) is 0.709. The van der Waals surface area contributed by atoms with Gasteiger partial charge in [0.1, 0.15) is 5.75 Å². The van der Waals surface area contributed by atoms with Gasteiger partial charge in [0.25, 0.3) is 5.91 Å². The standard InChI is InChI=1S/C21H22N4O3/c1-13-7-5-6-8-19(13)25-14(2)17(12-22-25)21(27)24-18-11-16(23-15(3)26)9-10-20(18)28-4/h5-12H,1-4H3,(H,23,26)(H,24,27). The van der Waals surface area contributed by atoms with Crippen molar-refractivity contribution in [3.63, 3.8) is 0 Å². The van der Waals surface area contributed by atoms with Crippen LogP contribution in [0, 0.1) is 13.8 Å². The van der Waals surface area contributed by atoms with Crippen LogP contribution < -0.4 is 15.4 Å². The molecule has 0 radical (unpaired) electrons. The summed E-state index contributed by atoms with van der Waals surface area (Å²) in [6, 6.07) is 12.9. The molecule has 3 aromatic rings. The zero-order valence-corrected chi connectivity index (χ0v) is 16.2. The van der Waals surface area contributed by atoms with Crippen LogP contribution in [0.2, 0.25) is 0 Å². The van der Waals surface area contributed by atoms with E-state index in [1.54, 1.807) is 29.1 Å². The topological polar surface area (TPSA) is 85.2 Å². The number of carbonyl (C=O) groups excluding carboxylic acids is 2. The number of benzene rings is 2. The first-order valence-electron chi connectivity index (χ1n) is 8.78. The van der Waals surface area contributed by atoms with Gasteiger partial charge in [0.05, 0.1) is 35.9 Å². The van der Waals surface area contributed by atoms with Crippen molar-refractivity contribution < 1.29 is 14.3 Å². The lowest BCUT2D eigenvalue weighted by atomic mass is 10.2. The Hall–Kier alpha value is -3.61. The van der Waals surface area contributed by atoms with E-state index >= 15 is 0 Å². The summed E-state index contributed by atoms with van der Waals surface area (Å²) in [6.45, 7) is 5.26. The Balaban J connectivity index is 1.90. The van der Waals surface area contributed by atoms with Crippen molar-refractivity contribution >= 4 is 23.2 Å². The lowest BCUT2D eigenvalue weighted by molar-refractivity contribution is -0.114. The molecular formula is C21H22N4O3. The van der Waals surface area contributed by atoms with Crippen LogP contribution in [0.25, 0.3) is 5.69 Å². The molecule has 0 aliphatic carbocycles. The maximum Gasteiger partial charge on any atom is 0.259 e. The van der Waals surface area contributed by atoms with E-state index in [1.165, 1.54) is 14.0 Å². The van der Waals surface area contributed by atoms with Gasteiger partial charge in [-0.25, -0.2) is 4.68 Å². The molecule has 0 spiro atoms. The average molecular weight is 378 g/mol. The van der Waals surface area contributed by atoms with Gasteiger partial charge in [0.2, 0.25) is 5.91 Å². The Morgan fingerprint density at radius 3 is 2.50 bits per heavy atom. The van der Waals surface area contributed by atoms with Crippen molar-refractivity contribution in [3.05, 3.63) is 65.5 Å². The van der Waals surface area contributed by atoms with Gasteiger partial charge in [-0.3, -0.25) is 9.59 Å². The molecule has 2 N–H and O–H groups in total. The number of anilines is 2. The van der Waals surface area contributed by atoms with E-state index in [9.17, 15) is 9.59 Å². The molecule has 3 rings (SSSR count). The number of aryl methyl sites for hydroxylation is 1. The van der Waals surface area contributed by atoms with Gasteiger partial charge in [-0.2, -0.15) is 5.10 Å². The second-order valence-corrected chi connectivity index (χ2v) is 6.39. The van der Waals surface area contributed by atoms with Gasteiger partial charge >= 0.3 is 0 Å². The first kappa shape index (κ1) is 19.2. The molecule has 1 heterocycles. The van der Waals surface area contributed by atoms with E-state index < -0.39 is 0 Å². The fourth-order valence-corrected chi connectivity index (χ4v) is 2.95. The van der Waals surface area contributed by atoms with E-state index in [-0.39, 0.29) is 11.8 Å². The summed E-state index contributed by atoms with van der Waals surface area (Å²) in [5.74, 6) is -0.0141. The summed E-state index contributed by atoms with van der Waals surface area (Å²) in [7, 11) is 1.52. The van der Waals surface area contributed by atoms with Crippen molar-refractivity contribution in [3.8, 4) is 11.4 Å². The molecule has 0 saturated carbocycles. The number of amides is 2. The first-order valence-corrected chi connectivity index (χ1v) is 8.78. The summed E-state index contributed by atoms with van der Waals surface area (Å²) in [5.41, 5.74) is 4.19. The maximum absolute atomic E-state index is 12.9. The van der Waals surface area contributed by atoms with E-state index in [2.05, 4.69) is 15.7 Å².